The summed E-state index contributed by atoms with van der Waals surface area (Å²) >= 11 is 0. The van der Waals surface area contributed by atoms with Crippen molar-refractivity contribution in [2.45, 2.75) is 12.6 Å². The lowest BCUT2D eigenvalue weighted by atomic mass is 10.6. The Hall–Kier alpha value is -0.750. The molecule has 1 heterocycles. The normalized spacial score (nSPS) is 24.9. The number of hydrogen-bond acceptors (Lipinski definition) is 3. The molecule has 0 spiro atoms. The van der Waals surface area contributed by atoms with Crippen LogP contribution in [0.15, 0.2) is 6.20 Å². The first kappa shape index (κ1) is 7.36. The van der Waals surface area contributed by atoms with Gasteiger partial charge in [0.05, 0.1) is 0 Å². The molecule has 0 aromatic rings. The van der Waals surface area contributed by atoms with Gasteiger partial charge in [0.25, 0.3) is 0 Å². The number of hydrazine groups is 1. The van der Waals surface area contributed by atoms with Crippen LogP contribution in [0.4, 0.5) is 13.2 Å². The van der Waals surface area contributed by atoms with E-state index in [0.29, 0.717) is 0 Å². The highest BCUT2D eigenvalue weighted by Gasteiger charge is 2.33. The van der Waals surface area contributed by atoms with Crippen LogP contribution in [-0.4, -0.2) is 12.6 Å². The molecule has 0 saturated carbocycles. The molecule has 2 N–H and O–H groups in total. The summed E-state index contributed by atoms with van der Waals surface area (Å²) in [6.45, 7) is 0. The summed E-state index contributed by atoms with van der Waals surface area (Å²) in [7, 11) is 0. The molecule has 0 fully saturated rings. The van der Waals surface area contributed by atoms with Crippen molar-refractivity contribution in [3.63, 3.8) is 0 Å². The lowest BCUT2D eigenvalue weighted by Gasteiger charge is -2.11. The maximum atomic E-state index is 11.4. The zero-order valence-corrected chi connectivity index (χ0v) is 4.70. The summed E-state index contributed by atoms with van der Waals surface area (Å²) in [6, 6.07) is 0. The Bertz CT molecular complexity index is 144. The highest BCUT2D eigenvalue weighted by Crippen LogP contribution is 2.18. The van der Waals surface area contributed by atoms with Gasteiger partial charge in [0.2, 0.25) is 0 Å². The zero-order valence-electron chi connectivity index (χ0n) is 4.70. The Morgan fingerprint density at radius 1 is 1.50 bits per heavy atom. The highest BCUT2D eigenvalue weighted by molar-refractivity contribution is 4.83. The van der Waals surface area contributed by atoms with Crippen molar-refractivity contribution in [1.29, 1.82) is 0 Å². The van der Waals surface area contributed by atoms with Gasteiger partial charge in [-0.15, -0.1) is 13.2 Å². The van der Waals surface area contributed by atoms with Gasteiger partial charge >= 0.3 is 6.36 Å². The molecule has 1 atom stereocenters. The molecule has 0 saturated heterocycles. The molecule has 0 amide bonds. The summed E-state index contributed by atoms with van der Waals surface area (Å²) < 4.78 is 37.6. The van der Waals surface area contributed by atoms with Crippen LogP contribution in [0.5, 0.6) is 0 Å². The first-order chi connectivity index (χ1) is 4.58. The fourth-order valence-electron chi connectivity index (χ4n) is 0.473. The number of halogens is 3. The van der Waals surface area contributed by atoms with Crippen molar-refractivity contribution in [2.75, 3.05) is 0 Å². The molecule has 1 aliphatic rings. The minimum absolute atomic E-state index is 1.20. The lowest BCUT2D eigenvalue weighted by Crippen LogP contribution is -2.36. The smallest absolute Gasteiger partial charge is 0.326 e. The van der Waals surface area contributed by atoms with E-state index in [2.05, 4.69) is 21.7 Å². The summed E-state index contributed by atoms with van der Waals surface area (Å²) in [5.41, 5.74) is 4.44. The average Bonchev–Trinajstić information content (AvgIpc) is 2.12. The van der Waals surface area contributed by atoms with Crippen LogP contribution < -0.4 is 10.9 Å². The molecular formula is C4H4F3N2O. The minimum atomic E-state index is -4.62. The van der Waals surface area contributed by atoms with Crippen LogP contribution in [0.1, 0.15) is 0 Å². The van der Waals surface area contributed by atoms with E-state index >= 15 is 0 Å². The third-order valence-corrected chi connectivity index (χ3v) is 0.773. The quantitative estimate of drug-likeness (QED) is 0.567. The number of rotatable bonds is 1. The van der Waals surface area contributed by atoms with E-state index in [1.807, 2.05) is 0 Å². The molecule has 0 bridgehead atoms. The van der Waals surface area contributed by atoms with Gasteiger partial charge in [-0.1, -0.05) is 0 Å². The molecule has 57 valence electrons. The Morgan fingerprint density at radius 2 is 2.20 bits per heavy atom. The number of nitrogens with one attached hydrogen (secondary N) is 2. The first-order valence-electron chi connectivity index (χ1n) is 2.41. The number of hydrogen-bond donors (Lipinski definition) is 2. The van der Waals surface area contributed by atoms with Crippen LogP contribution >= 0.6 is 0 Å². The lowest BCUT2D eigenvalue weighted by molar-refractivity contribution is -0.340. The van der Waals surface area contributed by atoms with Crippen molar-refractivity contribution < 1.29 is 17.9 Å². The monoisotopic (exact) mass is 153 g/mol. The van der Waals surface area contributed by atoms with E-state index in [-0.39, 0.29) is 0 Å². The largest absolute Gasteiger partial charge is 0.524 e. The molecular weight excluding hydrogens is 149 g/mol. The van der Waals surface area contributed by atoms with E-state index < -0.39 is 12.6 Å². The molecule has 0 aliphatic carbocycles. The second-order valence-corrected chi connectivity index (χ2v) is 1.54. The SMILES string of the molecule is FC(F)(F)OC1[C]=CNN1. The predicted octanol–water partition coefficient (Wildman–Crippen LogP) is 0.274. The molecule has 10 heavy (non-hydrogen) atoms. The Labute approximate surface area is 54.8 Å². The third kappa shape index (κ3) is 2.24. The maximum Gasteiger partial charge on any atom is 0.524 e. The summed E-state index contributed by atoms with van der Waals surface area (Å²) in [6.07, 6.45) is -2.43. The number of ether oxygens (including phenoxy) is 1. The van der Waals surface area contributed by atoms with Crippen LogP contribution in [0, 0.1) is 6.08 Å². The van der Waals surface area contributed by atoms with E-state index in [1.165, 1.54) is 6.20 Å². The van der Waals surface area contributed by atoms with Crippen molar-refractivity contribution >= 4 is 0 Å². The third-order valence-electron chi connectivity index (χ3n) is 0.773. The van der Waals surface area contributed by atoms with Crippen molar-refractivity contribution in [3.05, 3.63) is 12.3 Å². The molecule has 1 rings (SSSR count). The Morgan fingerprint density at radius 3 is 2.60 bits per heavy atom. The molecule has 1 radical (unpaired) electrons. The number of alkyl halides is 3. The highest BCUT2D eigenvalue weighted by atomic mass is 19.4. The molecule has 6 heteroatoms. The van der Waals surface area contributed by atoms with Crippen LogP contribution in [-0.2, 0) is 4.74 Å². The fraction of sp³-hybridized carbons (Fsp3) is 0.500. The van der Waals surface area contributed by atoms with Gasteiger partial charge in [-0.25, -0.2) is 5.43 Å². The van der Waals surface area contributed by atoms with Gasteiger partial charge in [0, 0.05) is 12.3 Å². The molecule has 0 aromatic carbocycles. The second-order valence-electron chi connectivity index (χ2n) is 1.54. The van der Waals surface area contributed by atoms with E-state index in [1.54, 1.807) is 0 Å². The predicted molar refractivity (Wildman–Crippen MR) is 25.0 cm³/mol. The van der Waals surface area contributed by atoms with Gasteiger partial charge in [0.1, 0.15) is 0 Å². The molecule has 3 nitrogen and oxygen atoms in total. The molecule has 0 aromatic heterocycles. The molecule has 1 unspecified atom stereocenters. The maximum absolute atomic E-state index is 11.4. The summed E-state index contributed by atoms with van der Waals surface area (Å²) in [5, 5.41) is 0. The van der Waals surface area contributed by atoms with E-state index in [0.717, 1.165) is 0 Å². The minimum Gasteiger partial charge on any atom is -0.326 e. The van der Waals surface area contributed by atoms with Crippen molar-refractivity contribution in [3.8, 4) is 0 Å². The topological polar surface area (TPSA) is 33.3 Å². The standard InChI is InChI=1S/C4H4F3N2O/c5-4(6,7)10-3-1-2-8-9-3/h2-3,8-9H. The van der Waals surface area contributed by atoms with Gasteiger partial charge < -0.3 is 5.43 Å². The summed E-state index contributed by atoms with van der Waals surface area (Å²) in [4.78, 5) is 0. The Kier molecular flexibility index (Phi) is 1.82. The van der Waals surface area contributed by atoms with E-state index in [9.17, 15) is 13.2 Å². The van der Waals surface area contributed by atoms with Gasteiger partial charge in [0.15, 0.2) is 6.23 Å². The zero-order chi connectivity index (χ0) is 7.61. The second kappa shape index (κ2) is 2.47. The van der Waals surface area contributed by atoms with Crippen molar-refractivity contribution in [2.24, 2.45) is 0 Å². The van der Waals surface area contributed by atoms with Crippen LogP contribution in [0.2, 0.25) is 0 Å². The van der Waals surface area contributed by atoms with Crippen LogP contribution in [0.25, 0.3) is 0 Å². The van der Waals surface area contributed by atoms with Gasteiger partial charge in [-0.3, -0.25) is 4.74 Å². The van der Waals surface area contributed by atoms with Crippen molar-refractivity contribution in [1.82, 2.24) is 10.9 Å². The van der Waals surface area contributed by atoms with E-state index in [4.69, 9.17) is 0 Å². The fourth-order valence-corrected chi connectivity index (χ4v) is 0.473. The average molecular weight is 153 g/mol. The summed E-state index contributed by atoms with van der Waals surface area (Å²) in [5.74, 6) is 0. The first-order valence-corrected chi connectivity index (χ1v) is 2.41. The molecule has 1 aliphatic heterocycles. The van der Waals surface area contributed by atoms with Crippen LogP contribution in [0.3, 0.4) is 0 Å². The van der Waals surface area contributed by atoms with Gasteiger partial charge in [-0.05, 0) is 0 Å². The Balaban J connectivity index is 2.31. The van der Waals surface area contributed by atoms with Gasteiger partial charge in [-0.2, -0.15) is 0 Å².